The van der Waals surface area contributed by atoms with Gasteiger partial charge in [-0.3, -0.25) is 14.4 Å². The van der Waals surface area contributed by atoms with Crippen LogP contribution in [0.1, 0.15) is 87.5 Å². The number of carbonyl (C=O) groups excluding carboxylic acids is 2. The Hall–Kier alpha value is -3.22. The smallest absolute Gasteiger partial charge is 0.306 e. The monoisotopic (exact) mass is 583 g/mol. The first-order valence-electron chi connectivity index (χ1n) is 14.3. The molecule has 8 nitrogen and oxygen atoms in total. The number of terminal acetylenes is 1. The van der Waals surface area contributed by atoms with Gasteiger partial charge in [-0.2, -0.15) is 0 Å². The molecule has 1 aromatic heterocycles. The van der Waals surface area contributed by atoms with Crippen LogP contribution < -0.4 is 5.32 Å². The van der Waals surface area contributed by atoms with E-state index >= 15 is 0 Å². The topological polar surface area (TPSA) is 109 Å². The number of carboxylic acid groups (broad SMARTS) is 1. The molecular weight excluding hydrogens is 538 g/mol. The molecule has 41 heavy (non-hydrogen) atoms. The van der Waals surface area contributed by atoms with Crippen molar-refractivity contribution in [2.45, 2.75) is 84.9 Å². The van der Waals surface area contributed by atoms with Crippen LogP contribution in [0.15, 0.2) is 35.7 Å². The molecular formula is C32H45N3O5S. The molecule has 224 valence electrons. The van der Waals surface area contributed by atoms with Gasteiger partial charge in [0.1, 0.15) is 23.4 Å². The zero-order valence-electron chi connectivity index (χ0n) is 25.1. The summed E-state index contributed by atoms with van der Waals surface area (Å²) in [6, 6.07) is 9.16. The predicted molar refractivity (Wildman–Crippen MR) is 163 cm³/mol. The number of benzene rings is 1. The Labute approximate surface area is 248 Å². The molecule has 0 saturated carbocycles. The van der Waals surface area contributed by atoms with Crippen molar-refractivity contribution >= 4 is 29.1 Å². The van der Waals surface area contributed by atoms with Gasteiger partial charge in [-0.1, -0.05) is 77.3 Å². The first-order valence-corrected chi connectivity index (χ1v) is 15.2. The van der Waals surface area contributed by atoms with Crippen LogP contribution in [0.25, 0.3) is 0 Å². The van der Waals surface area contributed by atoms with Crippen molar-refractivity contribution in [2.75, 3.05) is 13.7 Å². The molecule has 0 aliphatic heterocycles. The van der Waals surface area contributed by atoms with Crippen LogP contribution in [-0.2, 0) is 20.7 Å². The van der Waals surface area contributed by atoms with E-state index in [-0.39, 0.29) is 48.5 Å². The summed E-state index contributed by atoms with van der Waals surface area (Å²) in [5, 5.41) is 14.7. The first-order chi connectivity index (χ1) is 19.5. The molecule has 9 heteroatoms. The van der Waals surface area contributed by atoms with E-state index in [1.54, 1.807) is 12.3 Å². The van der Waals surface area contributed by atoms with E-state index in [1.807, 2.05) is 42.3 Å². The summed E-state index contributed by atoms with van der Waals surface area (Å²) in [6.45, 7) is 10.0. The summed E-state index contributed by atoms with van der Waals surface area (Å²) in [7, 11) is 1.83. The second-order valence-electron chi connectivity index (χ2n) is 11.2. The zero-order chi connectivity index (χ0) is 30.5. The van der Waals surface area contributed by atoms with Crippen LogP contribution in [-0.4, -0.2) is 58.5 Å². The lowest BCUT2D eigenvalue weighted by Crippen LogP contribution is -2.42. The summed E-state index contributed by atoms with van der Waals surface area (Å²) in [4.78, 5) is 44.2. The molecule has 0 radical (unpaired) electrons. The number of hydrogen-bond acceptors (Lipinski definition) is 6. The minimum absolute atomic E-state index is 0.0767. The number of nitrogens with zero attached hydrogens (tertiary/aromatic N) is 2. The molecule has 2 amide bonds. The number of rotatable bonds is 17. The molecule has 2 rings (SSSR count). The van der Waals surface area contributed by atoms with Crippen molar-refractivity contribution < 1.29 is 24.2 Å². The van der Waals surface area contributed by atoms with Gasteiger partial charge in [-0.15, -0.1) is 17.8 Å². The highest BCUT2D eigenvalue weighted by Crippen LogP contribution is 2.30. The largest absolute Gasteiger partial charge is 0.481 e. The van der Waals surface area contributed by atoms with E-state index in [4.69, 9.17) is 11.2 Å². The summed E-state index contributed by atoms with van der Waals surface area (Å²) < 4.78 is 6.00. The maximum absolute atomic E-state index is 13.3. The van der Waals surface area contributed by atoms with Gasteiger partial charge in [0, 0.05) is 37.4 Å². The average Bonchev–Trinajstić information content (AvgIpc) is 3.43. The fraction of sp³-hybridized carbons (Fsp3) is 0.562. The third-order valence-electron chi connectivity index (χ3n) is 7.45. The SMILES string of the molecule is C#CCOC(CC(C(C)C)N(C)C(=O)C[C@@H](C)CC)c1nc(C(=O)NC(Cc2ccccc2)CC(C)C(=O)O)cs1. The second-order valence-corrected chi connectivity index (χ2v) is 12.1. The van der Waals surface area contributed by atoms with Gasteiger partial charge in [0.25, 0.3) is 5.91 Å². The number of aromatic nitrogens is 1. The Kier molecular flexibility index (Phi) is 14.0. The summed E-state index contributed by atoms with van der Waals surface area (Å²) in [6.07, 6.45) is 7.70. The quantitative estimate of drug-likeness (QED) is 0.235. The number of aliphatic carboxylic acids is 1. The average molecular weight is 584 g/mol. The van der Waals surface area contributed by atoms with Gasteiger partial charge in [0.2, 0.25) is 5.91 Å². The minimum Gasteiger partial charge on any atom is -0.481 e. The molecule has 0 aliphatic carbocycles. The highest BCUT2D eigenvalue weighted by Gasteiger charge is 2.30. The van der Waals surface area contributed by atoms with Gasteiger partial charge in [-0.05, 0) is 30.2 Å². The van der Waals surface area contributed by atoms with Gasteiger partial charge in [-0.25, -0.2) is 4.98 Å². The fourth-order valence-corrected chi connectivity index (χ4v) is 5.53. The Balaban J connectivity index is 2.23. The molecule has 2 N–H and O–H groups in total. The van der Waals surface area contributed by atoms with Crippen molar-refractivity contribution in [3.05, 3.63) is 52.0 Å². The van der Waals surface area contributed by atoms with Crippen molar-refractivity contribution in [1.29, 1.82) is 0 Å². The number of thiazole rings is 1. The Morgan fingerprint density at radius 1 is 1.15 bits per heavy atom. The predicted octanol–water partition coefficient (Wildman–Crippen LogP) is 5.60. The van der Waals surface area contributed by atoms with Crippen LogP contribution in [0.3, 0.4) is 0 Å². The van der Waals surface area contributed by atoms with Crippen molar-refractivity contribution in [3.8, 4) is 12.3 Å². The zero-order valence-corrected chi connectivity index (χ0v) is 25.9. The molecule has 0 spiro atoms. The van der Waals surface area contributed by atoms with E-state index in [2.05, 4.69) is 43.9 Å². The van der Waals surface area contributed by atoms with Gasteiger partial charge < -0.3 is 20.1 Å². The van der Waals surface area contributed by atoms with Crippen molar-refractivity contribution in [1.82, 2.24) is 15.2 Å². The van der Waals surface area contributed by atoms with Crippen LogP contribution >= 0.6 is 11.3 Å². The Morgan fingerprint density at radius 3 is 2.41 bits per heavy atom. The van der Waals surface area contributed by atoms with E-state index in [0.717, 1.165) is 12.0 Å². The number of amides is 2. The number of nitrogens with one attached hydrogen (secondary N) is 1. The van der Waals surface area contributed by atoms with E-state index in [0.29, 0.717) is 30.2 Å². The molecule has 0 aliphatic rings. The third-order valence-corrected chi connectivity index (χ3v) is 8.39. The van der Waals surface area contributed by atoms with Crippen molar-refractivity contribution in [3.63, 3.8) is 0 Å². The second kappa shape index (κ2) is 16.9. The molecule has 0 bridgehead atoms. The van der Waals surface area contributed by atoms with Crippen LogP contribution in [0, 0.1) is 30.1 Å². The molecule has 1 heterocycles. The Morgan fingerprint density at radius 2 is 1.83 bits per heavy atom. The van der Waals surface area contributed by atoms with E-state index < -0.39 is 18.0 Å². The number of carboxylic acids is 1. The molecule has 2 aromatic rings. The number of ether oxygens (including phenoxy) is 1. The minimum atomic E-state index is -0.908. The summed E-state index contributed by atoms with van der Waals surface area (Å²) in [5.41, 5.74) is 1.24. The summed E-state index contributed by atoms with van der Waals surface area (Å²) >= 11 is 1.31. The third kappa shape index (κ3) is 10.9. The van der Waals surface area contributed by atoms with Gasteiger partial charge >= 0.3 is 5.97 Å². The Bertz CT molecular complexity index is 1160. The lowest BCUT2D eigenvalue weighted by Gasteiger charge is -2.34. The maximum atomic E-state index is 13.3. The molecule has 0 saturated heterocycles. The number of hydrogen-bond donors (Lipinski definition) is 2. The fourth-order valence-electron chi connectivity index (χ4n) is 4.68. The van der Waals surface area contributed by atoms with Crippen LogP contribution in [0.4, 0.5) is 0 Å². The summed E-state index contributed by atoms with van der Waals surface area (Å²) in [5.74, 6) is 1.16. The lowest BCUT2D eigenvalue weighted by molar-refractivity contribution is -0.141. The highest BCUT2D eigenvalue weighted by atomic mass is 32.1. The molecule has 5 atom stereocenters. The van der Waals surface area contributed by atoms with Crippen molar-refractivity contribution in [2.24, 2.45) is 17.8 Å². The normalized spacial score (nSPS) is 14.9. The van der Waals surface area contributed by atoms with Crippen LogP contribution in [0.2, 0.25) is 0 Å². The highest BCUT2D eigenvalue weighted by molar-refractivity contribution is 7.09. The molecule has 4 unspecified atom stereocenters. The molecule has 1 aromatic carbocycles. The first kappa shape index (κ1) is 34.0. The lowest BCUT2D eigenvalue weighted by atomic mass is 9.95. The molecule has 0 fully saturated rings. The van der Waals surface area contributed by atoms with Gasteiger partial charge in [0.05, 0.1) is 5.92 Å². The van der Waals surface area contributed by atoms with Gasteiger partial charge in [0.15, 0.2) is 0 Å². The standard InChI is InChI=1S/C32H45N3O5S/c1-8-15-40-28(19-27(21(3)4)35(7)29(36)16-22(5)9-2)31-34-26(20-41-31)30(37)33-25(17-23(6)32(38)39)18-24-13-11-10-12-14-24/h1,10-14,20-23,25,27-28H,9,15-19H2,2-7H3,(H,33,37)(H,38,39)/t22-,23?,25?,27?,28?/m0/s1. The van der Waals surface area contributed by atoms with E-state index in [1.165, 1.54) is 11.3 Å². The number of carbonyl (C=O) groups is 3. The van der Waals surface area contributed by atoms with E-state index in [9.17, 15) is 19.5 Å². The van der Waals surface area contributed by atoms with Crippen LogP contribution in [0.5, 0.6) is 0 Å². The maximum Gasteiger partial charge on any atom is 0.306 e.